The molecule has 124 valence electrons. The van der Waals surface area contributed by atoms with Crippen molar-refractivity contribution in [3.8, 4) is 0 Å². The van der Waals surface area contributed by atoms with E-state index in [1.807, 2.05) is 6.92 Å². The molecule has 1 aliphatic rings. The number of hydrogen-bond acceptors (Lipinski definition) is 6. The van der Waals surface area contributed by atoms with E-state index < -0.39 is 16.0 Å². The SMILES string of the molecule is CCCN(C1CCNC1)S(=O)(=O)c1ccc(C(=O)OCC)o1. The number of sulfonamides is 1. The minimum Gasteiger partial charge on any atom is -0.460 e. The smallest absolute Gasteiger partial charge is 0.374 e. The highest BCUT2D eigenvalue weighted by molar-refractivity contribution is 7.89. The normalized spacial score (nSPS) is 18.8. The molecule has 1 aromatic rings. The third-order valence-electron chi connectivity index (χ3n) is 3.51. The van der Waals surface area contributed by atoms with Crippen LogP contribution in [0, 0.1) is 0 Å². The first-order valence-corrected chi connectivity index (χ1v) is 8.94. The number of rotatable bonds is 7. The summed E-state index contributed by atoms with van der Waals surface area (Å²) in [6.45, 7) is 5.66. The lowest BCUT2D eigenvalue weighted by Gasteiger charge is -2.25. The summed E-state index contributed by atoms with van der Waals surface area (Å²) < 4.78 is 37.0. The van der Waals surface area contributed by atoms with Crippen molar-refractivity contribution >= 4 is 16.0 Å². The number of nitrogens with zero attached hydrogens (tertiary/aromatic N) is 1. The molecule has 1 unspecified atom stereocenters. The maximum atomic E-state index is 12.8. The zero-order valence-electron chi connectivity index (χ0n) is 12.9. The maximum Gasteiger partial charge on any atom is 0.374 e. The summed E-state index contributed by atoms with van der Waals surface area (Å²) in [6, 6.07) is 2.57. The van der Waals surface area contributed by atoms with Gasteiger partial charge in [0.15, 0.2) is 0 Å². The van der Waals surface area contributed by atoms with E-state index in [0.29, 0.717) is 19.5 Å². The van der Waals surface area contributed by atoms with Crippen LogP contribution in [0.1, 0.15) is 37.2 Å². The molecule has 0 spiro atoms. The van der Waals surface area contributed by atoms with Crippen LogP contribution < -0.4 is 5.32 Å². The van der Waals surface area contributed by atoms with Crippen molar-refractivity contribution in [2.45, 2.75) is 37.8 Å². The highest BCUT2D eigenvalue weighted by Crippen LogP contribution is 2.23. The van der Waals surface area contributed by atoms with Gasteiger partial charge in [-0.05, 0) is 38.4 Å². The monoisotopic (exact) mass is 330 g/mol. The Kier molecular flexibility index (Phi) is 5.60. The van der Waals surface area contributed by atoms with Crippen molar-refractivity contribution in [2.24, 2.45) is 0 Å². The van der Waals surface area contributed by atoms with Crippen molar-refractivity contribution in [1.82, 2.24) is 9.62 Å². The molecule has 0 saturated carbocycles. The fourth-order valence-electron chi connectivity index (χ4n) is 2.49. The first kappa shape index (κ1) is 17.0. The van der Waals surface area contributed by atoms with Crippen LogP contribution in [0.15, 0.2) is 21.6 Å². The van der Waals surface area contributed by atoms with Crippen molar-refractivity contribution < 1.29 is 22.4 Å². The predicted molar refractivity (Wildman–Crippen MR) is 80.1 cm³/mol. The number of hydrogen-bond donors (Lipinski definition) is 1. The van der Waals surface area contributed by atoms with E-state index in [0.717, 1.165) is 13.0 Å². The van der Waals surface area contributed by atoms with Crippen LogP contribution in [-0.4, -0.2) is 51.0 Å². The molecule has 0 aliphatic carbocycles. The number of ether oxygens (including phenoxy) is 1. The molecule has 0 amide bonds. The summed E-state index contributed by atoms with van der Waals surface area (Å²) in [5, 5.41) is 2.95. The molecule has 1 aliphatic heterocycles. The topological polar surface area (TPSA) is 88.9 Å². The zero-order chi connectivity index (χ0) is 16.2. The van der Waals surface area contributed by atoms with Gasteiger partial charge in [0.25, 0.3) is 10.0 Å². The van der Waals surface area contributed by atoms with Crippen LogP contribution in [0.2, 0.25) is 0 Å². The molecule has 1 saturated heterocycles. The molecule has 2 heterocycles. The Hall–Kier alpha value is -1.38. The van der Waals surface area contributed by atoms with Crippen LogP contribution in [0.25, 0.3) is 0 Å². The molecular weight excluding hydrogens is 308 g/mol. The van der Waals surface area contributed by atoms with Gasteiger partial charge in [0.1, 0.15) is 0 Å². The van der Waals surface area contributed by atoms with E-state index in [1.54, 1.807) is 6.92 Å². The first-order valence-electron chi connectivity index (χ1n) is 7.50. The van der Waals surface area contributed by atoms with Crippen LogP contribution in [0.5, 0.6) is 0 Å². The molecule has 8 heteroatoms. The van der Waals surface area contributed by atoms with E-state index in [2.05, 4.69) is 5.32 Å². The lowest BCUT2D eigenvalue weighted by Crippen LogP contribution is -2.41. The molecular formula is C14H22N2O5S. The highest BCUT2D eigenvalue weighted by Gasteiger charge is 2.35. The lowest BCUT2D eigenvalue weighted by atomic mass is 10.2. The van der Waals surface area contributed by atoms with Gasteiger partial charge in [-0.2, -0.15) is 4.31 Å². The fourth-order valence-corrected chi connectivity index (χ4v) is 4.15. The molecule has 1 fully saturated rings. The number of nitrogens with one attached hydrogen (secondary N) is 1. The molecule has 1 N–H and O–H groups in total. The Bertz CT molecular complexity index is 605. The predicted octanol–water partition coefficient (Wildman–Crippen LogP) is 1.22. The number of esters is 1. The molecule has 1 atom stereocenters. The Balaban J connectivity index is 2.25. The van der Waals surface area contributed by atoms with Crippen LogP contribution in [-0.2, 0) is 14.8 Å². The zero-order valence-corrected chi connectivity index (χ0v) is 13.7. The Labute approximate surface area is 130 Å². The molecule has 0 bridgehead atoms. The van der Waals surface area contributed by atoms with Gasteiger partial charge in [-0.15, -0.1) is 0 Å². The second-order valence-electron chi connectivity index (χ2n) is 5.10. The van der Waals surface area contributed by atoms with E-state index in [-0.39, 0.29) is 23.5 Å². The second kappa shape index (κ2) is 7.26. The van der Waals surface area contributed by atoms with Crippen molar-refractivity contribution in [1.29, 1.82) is 0 Å². The van der Waals surface area contributed by atoms with E-state index in [9.17, 15) is 13.2 Å². The van der Waals surface area contributed by atoms with Crippen LogP contribution in [0.4, 0.5) is 0 Å². The fraction of sp³-hybridized carbons (Fsp3) is 0.643. The van der Waals surface area contributed by atoms with Crippen molar-refractivity contribution in [2.75, 3.05) is 26.2 Å². The first-order chi connectivity index (χ1) is 10.5. The third kappa shape index (κ3) is 3.50. The summed E-state index contributed by atoms with van der Waals surface area (Å²) in [4.78, 5) is 11.6. The van der Waals surface area contributed by atoms with Gasteiger partial charge in [-0.25, -0.2) is 13.2 Å². The summed E-state index contributed by atoms with van der Waals surface area (Å²) in [6.07, 6.45) is 1.48. The minimum atomic E-state index is -3.76. The summed E-state index contributed by atoms with van der Waals surface area (Å²) in [5.74, 6) is -0.755. The summed E-state index contributed by atoms with van der Waals surface area (Å²) >= 11 is 0. The van der Waals surface area contributed by atoms with Crippen LogP contribution in [0.3, 0.4) is 0 Å². The van der Waals surface area contributed by atoms with E-state index in [1.165, 1.54) is 16.4 Å². The number of furan rings is 1. The van der Waals surface area contributed by atoms with Gasteiger partial charge >= 0.3 is 5.97 Å². The van der Waals surface area contributed by atoms with Gasteiger partial charge < -0.3 is 14.5 Å². The average molecular weight is 330 g/mol. The van der Waals surface area contributed by atoms with Crippen LogP contribution >= 0.6 is 0 Å². The largest absolute Gasteiger partial charge is 0.460 e. The third-order valence-corrected chi connectivity index (χ3v) is 5.33. The average Bonchev–Trinajstić information content (AvgIpc) is 3.16. The Morgan fingerprint density at radius 3 is 2.82 bits per heavy atom. The van der Waals surface area contributed by atoms with E-state index in [4.69, 9.17) is 9.15 Å². The summed E-state index contributed by atoms with van der Waals surface area (Å²) in [7, 11) is -3.76. The molecule has 2 rings (SSSR count). The second-order valence-corrected chi connectivity index (χ2v) is 6.92. The van der Waals surface area contributed by atoms with E-state index >= 15 is 0 Å². The quantitative estimate of drug-likeness (QED) is 0.756. The minimum absolute atomic E-state index is 0.0823. The number of carbonyl (C=O) groups excluding carboxylic acids is 1. The highest BCUT2D eigenvalue weighted by atomic mass is 32.2. The number of carbonyl (C=O) groups is 1. The molecule has 0 aromatic carbocycles. The van der Waals surface area contributed by atoms with Crippen molar-refractivity contribution in [3.05, 3.63) is 17.9 Å². The Morgan fingerprint density at radius 2 is 2.23 bits per heavy atom. The van der Waals surface area contributed by atoms with Gasteiger partial charge in [0.2, 0.25) is 10.9 Å². The van der Waals surface area contributed by atoms with Gasteiger partial charge in [0.05, 0.1) is 6.61 Å². The van der Waals surface area contributed by atoms with Gasteiger partial charge in [0, 0.05) is 19.1 Å². The van der Waals surface area contributed by atoms with Gasteiger partial charge in [-0.1, -0.05) is 6.92 Å². The van der Waals surface area contributed by atoms with Crippen molar-refractivity contribution in [3.63, 3.8) is 0 Å². The molecule has 1 aromatic heterocycles. The maximum absolute atomic E-state index is 12.8. The summed E-state index contributed by atoms with van der Waals surface area (Å²) in [5.41, 5.74) is 0. The molecule has 22 heavy (non-hydrogen) atoms. The Morgan fingerprint density at radius 1 is 1.45 bits per heavy atom. The lowest BCUT2D eigenvalue weighted by molar-refractivity contribution is 0.0483. The molecule has 0 radical (unpaired) electrons. The van der Waals surface area contributed by atoms with Gasteiger partial charge in [-0.3, -0.25) is 0 Å². The molecule has 7 nitrogen and oxygen atoms in total. The standard InChI is InChI=1S/C14H22N2O5S/c1-3-9-16(11-7-8-15-10-11)22(18,19)13-6-5-12(21-13)14(17)20-4-2/h5-6,11,15H,3-4,7-10H2,1-2H3.